The molecular weight excluding hydrogens is 228 g/mol. The van der Waals surface area contributed by atoms with Gasteiger partial charge in [0.05, 0.1) is 0 Å². The third-order valence-electron chi connectivity index (χ3n) is 4.28. The van der Waals surface area contributed by atoms with E-state index in [1.165, 1.54) is 44.9 Å². The molecule has 2 fully saturated rings. The molecule has 0 N–H and O–H groups in total. The van der Waals surface area contributed by atoms with Crippen molar-refractivity contribution in [2.45, 2.75) is 64.3 Å². The lowest BCUT2D eigenvalue weighted by Gasteiger charge is -2.39. The monoisotopic (exact) mass is 255 g/mol. The van der Waals surface area contributed by atoms with Crippen LogP contribution in [0.1, 0.15) is 58.8 Å². The van der Waals surface area contributed by atoms with Crippen molar-refractivity contribution in [2.24, 2.45) is 5.92 Å². The molecule has 0 aromatic rings. The zero-order chi connectivity index (χ0) is 12.1. The van der Waals surface area contributed by atoms with Gasteiger partial charge in [-0.15, -0.1) is 0 Å². The highest BCUT2D eigenvalue weighted by Gasteiger charge is 2.48. The zero-order valence-corrected chi connectivity index (χ0v) is 12.4. The molecule has 0 saturated heterocycles. The minimum Gasteiger partial charge on any atom is -0.394 e. The minimum absolute atomic E-state index is 0.725. The van der Waals surface area contributed by atoms with Crippen LogP contribution in [0.4, 0.5) is 0 Å². The first-order valence-electron chi connectivity index (χ1n) is 7.44. The van der Waals surface area contributed by atoms with Crippen molar-refractivity contribution < 1.29 is 8.85 Å². The van der Waals surface area contributed by atoms with E-state index in [2.05, 4.69) is 19.9 Å². The Bertz CT molecular complexity index is 216. The molecule has 0 aromatic carbocycles. The Labute approximate surface area is 107 Å². The fourth-order valence-electron chi connectivity index (χ4n) is 3.22. The van der Waals surface area contributed by atoms with Crippen LogP contribution in [0.25, 0.3) is 0 Å². The fourth-order valence-corrected chi connectivity index (χ4v) is 7.35. The third-order valence-corrected chi connectivity index (χ3v) is 8.41. The molecule has 0 aromatic heterocycles. The van der Waals surface area contributed by atoms with Gasteiger partial charge in [-0.25, -0.2) is 0 Å². The summed E-state index contributed by atoms with van der Waals surface area (Å²) in [5, 5.41) is 0. The van der Waals surface area contributed by atoms with Gasteiger partial charge in [-0.1, -0.05) is 32.1 Å². The van der Waals surface area contributed by atoms with Gasteiger partial charge in [0.2, 0.25) is 0 Å². The lowest BCUT2D eigenvalue weighted by molar-refractivity contribution is 0.171. The molecule has 0 unspecified atom stereocenters. The van der Waals surface area contributed by atoms with Gasteiger partial charge in [-0.3, -0.25) is 0 Å². The summed E-state index contributed by atoms with van der Waals surface area (Å²) in [6, 6.07) is 2.54. The largest absolute Gasteiger partial charge is 0.394 e. The second-order valence-electron chi connectivity index (χ2n) is 5.43. The van der Waals surface area contributed by atoms with Crippen molar-refractivity contribution in [1.29, 1.82) is 0 Å². The van der Waals surface area contributed by atoms with E-state index in [1.54, 1.807) is 0 Å². The molecule has 0 spiro atoms. The smallest absolute Gasteiger partial charge is 0.345 e. The third kappa shape index (κ3) is 3.12. The van der Waals surface area contributed by atoms with Crippen LogP contribution in [0.15, 0.2) is 0 Å². The van der Waals surface area contributed by atoms with Gasteiger partial charge < -0.3 is 8.85 Å². The average molecular weight is 255 g/mol. The summed E-state index contributed by atoms with van der Waals surface area (Å²) in [6.07, 6.45) is 9.53. The van der Waals surface area contributed by atoms with Crippen molar-refractivity contribution in [1.82, 2.24) is 0 Å². The van der Waals surface area contributed by atoms with Crippen molar-refractivity contribution >= 4 is 8.56 Å². The first-order chi connectivity index (χ1) is 8.30. The molecule has 17 heavy (non-hydrogen) atoms. The number of hydrogen-bond acceptors (Lipinski definition) is 2. The Hall–Kier alpha value is 0.137. The van der Waals surface area contributed by atoms with E-state index >= 15 is 0 Å². The van der Waals surface area contributed by atoms with Gasteiger partial charge >= 0.3 is 8.56 Å². The molecule has 2 rings (SSSR count). The predicted molar refractivity (Wildman–Crippen MR) is 72.9 cm³/mol. The highest BCUT2D eigenvalue weighted by atomic mass is 28.4. The van der Waals surface area contributed by atoms with Gasteiger partial charge in [-0.2, -0.15) is 0 Å². The summed E-state index contributed by atoms with van der Waals surface area (Å²) in [5.41, 5.74) is 0.725. The van der Waals surface area contributed by atoms with E-state index < -0.39 is 8.56 Å². The predicted octanol–water partition coefficient (Wildman–Crippen LogP) is 3.99. The Balaban J connectivity index is 2.04. The molecule has 2 aliphatic carbocycles. The van der Waals surface area contributed by atoms with Crippen molar-refractivity contribution in [3.8, 4) is 0 Å². The quantitative estimate of drug-likeness (QED) is 0.640. The number of rotatable bonds is 7. The van der Waals surface area contributed by atoms with E-state index in [-0.39, 0.29) is 0 Å². The Morgan fingerprint density at radius 2 is 1.53 bits per heavy atom. The molecule has 2 saturated carbocycles. The van der Waals surface area contributed by atoms with Crippen molar-refractivity contribution in [2.75, 3.05) is 13.2 Å². The SMILES string of the molecule is CCO[Si]([CH]C1CCC1)(OCC)C1CCCC1. The second-order valence-corrected chi connectivity index (χ2v) is 8.60. The Morgan fingerprint density at radius 3 is 1.94 bits per heavy atom. The van der Waals surface area contributed by atoms with Gasteiger partial charge in [0.15, 0.2) is 0 Å². The number of hydrogen-bond donors (Lipinski definition) is 0. The molecule has 0 aliphatic heterocycles. The highest BCUT2D eigenvalue weighted by molar-refractivity contribution is 6.72. The van der Waals surface area contributed by atoms with Gasteiger partial charge in [0.1, 0.15) is 0 Å². The molecule has 2 aliphatic rings. The summed E-state index contributed by atoms with van der Waals surface area (Å²) in [6.45, 7) is 5.85. The topological polar surface area (TPSA) is 18.5 Å². The summed E-state index contributed by atoms with van der Waals surface area (Å²) < 4.78 is 12.4. The van der Waals surface area contributed by atoms with Crippen LogP contribution in [-0.2, 0) is 8.85 Å². The van der Waals surface area contributed by atoms with Crippen LogP contribution < -0.4 is 0 Å². The molecule has 0 bridgehead atoms. The van der Waals surface area contributed by atoms with E-state index in [9.17, 15) is 0 Å². The van der Waals surface area contributed by atoms with E-state index in [4.69, 9.17) is 8.85 Å². The summed E-state index contributed by atoms with van der Waals surface area (Å²) in [4.78, 5) is 0. The summed E-state index contributed by atoms with van der Waals surface area (Å²) >= 11 is 0. The van der Waals surface area contributed by atoms with Crippen LogP contribution in [0, 0.1) is 12.0 Å². The average Bonchev–Trinajstić information content (AvgIpc) is 2.77. The van der Waals surface area contributed by atoms with Crippen molar-refractivity contribution in [3.63, 3.8) is 0 Å². The van der Waals surface area contributed by atoms with Crippen LogP contribution in [-0.4, -0.2) is 21.8 Å². The first-order valence-corrected chi connectivity index (χ1v) is 9.41. The molecule has 0 heterocycles. The van der Waals surface area contributed by atoms with Crippen molar-refractivity contribution in [3.05, 3.63) is 6.04 Å². The van der Waals surface area contributed by atoms with Gasteiger partial charge in [0.25, 0.3) is 0 Å². The molecule has 99 valence electrons. The standard InChI is InChI=1S/C14H27O2Si/c1-3-15-17(16-4-2,12-13-8-7-9-13)14-10-5-6-11-14/h12-14H,3-11H2,1-2H3. The molecule has 3 heteroatoms. The zero-order valence-electron chi connectivity index (χ0n) is 11.4. The minimum atomic E-state index is -2.02. The molecule has 0 atom stereocenters. The maximum absolute atomic E-state index is 6.22. The van der Waals surface area contributed by atoms with Crippen LogP contribution in [0.2, 0.25) is 5.54 Å². The van der Waals surface area contributed by atoms with E-state index in [0.717, 1.165) is 24.7 Å². The summed E-state index contributed by atoms with van der Waals surface area (Å²) in [7, 11) is -2.02. The maximum atomic E-state index is 6.22. The molecular formula is C14H27O2Si. The van der Waals surface area contributed by atoms with Gasteiger partial charge in [0, 0.05) is 24.8 Å². The fraction of sp³-hybridized carbons (Fsp3) is 0.929. The maximum Gasteiger partial charge on any atom is 0.345 e. The Morgan fingerprint density at radius 1 is 0.941 bits per heavy atom. The molecule has 1 radical (unpaired) electrons. The van der Waals surface area contributed by atoms with Crippen LogP contribution >= 0.6 is 0 Å². The molecule has 0 amide bonds. The normalized spacial score (nSPS) is 22.9. The first kappa shape index (κ1) is 13.6. The Kier molecular flexibility index (Phi) is 5.06. The van der Waals surface area contributed by atoms with E-state index in [0.29, 0.717) is 0 Å². The van der Waals surface area contributed by atoms with Crippen LogP contribution in [0.3, 0.4) is 0 Å². The second kappa shape index (κ2) is 6.35. The molecule has 2 nitrogen and oxygen atoms in total. The van der Waals surface area contributed by atoms with Gasteiger partial charge in [-0.05, 0) is 32.6 Å². The lowest BCUT2D eigenvalue weighted by atomic mass is 9.87. The summed E-state index contributed by atoms with van der Waals surface area (Å²) in [5.74, 6) is 0.792. The lowest BCUT2D eigenvalue weighted by Crippen LogP contribution is -2.50. The highest BCUT2D eigenvalue weighted by Crippen LogP contribution is 2.44. The van der Waals surface area contributed by atoms with Crippen LogP contribution in [0.5, 0.6) is 0 Å². The van der Waals surface area contributed by atoms with E-state index in [1.807, 2.05) is 0 Å².